The number of rotatable bonds is 7. The summed E-state index contributed by atoms with van der Waals surface area (Å²) in [6, 6.07) is 8.01. The SMILES string of the molecule is Cc1nc(C2(NCCCSc3ccccc3Cl)CCCCC2)no1. The molecular weight excluding hydrogens is 342 g/mol. The number of thioether (sulfide) groups is 1. The number of hydrogen-bond donors (Lipinski definition) is 1. The number of aromatic nitrogens is 2. The van der Waals surface area contributed by atoms with E-state index >= 15 is 0 Å². The van der Waals surface area contributed by atoms with Gasteiger partial charge in [-0.2, -0.15) is 4.98 Å². The molecule has 6 heteroatoms. The van der Waals surface area contributed by atoms with Crippen molar-refractivity contribution in [2.45, 2.75) is 55.9 Å². The Kier molecular flexibility index (Phi) is 6.19. The third-order valence-corrected chi connectivity index (χ3v) is 6.14. The largest absolute Gasteiger partial charge is 0.340 e. The highest BCUT2D eigenvalue weighted by atomic mass is 35.5. The number of benzene rings is 1. The van der Waals surface area contributed by atoms with E-state index in [1.807, 2.05) is 36.9 Å². The molecule has 1 aliphatic rings. The molecule has 0 unspecified atom stereocenters. The zero-order valence-electron chi connectivity index (χ0n) is 14.1. The molecule has 1 aromatic carbocycles. The van der Waals surface area contributed by atoms with Crippen LogP contribution in [0.2, 0.25) is 5.02 Å². The van der Waals surface area contributed by atoms with Crippen LogP contribution in [0.1, 0.15) is 50.2 Å². The van der Waals surface area contributed by atoms with E-state index in [0.29, 0.717) is 5.89 Å². The summed E-state index contributed by atoms with van der Waals surface area (Å²) in [5, 5.41) is 8.77. The van der Waals surface area contributed by atoms with Crippen LogP contribution in [-0.2, 0) is 5.54 Å². The smallest absolute Gasteiger partial charge is 0.223 e. The Morgan fingerprint density at radius 1 is 1.25 bits per heavy atom. The summed E-state index contributed by atoms with van der Waals surface area (Å²) in [5.41, 5.74) is -0.106. The van der Waals surface area contributed by atoms with E-state index in [2.05, 4.69) is 21.5 Å². The molecule has 1 N–H and O–H groups in total. The van der Waals surface area contributed by atoms with Gasteiger partial charge in [-0.1, -0.05) is 48.2 Å². The van der Waals surface area contributed by atoms with E-state index in [0.717, 1.165) is 47.3 Å². The Balaban J connectivity index is 1.52. The van der Waals surface area contributed by atoms with Gasteiger partial charge < -0.3 is 9.84 Å². The van der Waals surface area contributed by atoms with E-state index in [1.165, 1.54) is 19.3 Å². The summed E-state index contributed by atoms with van der Waals surface area (Å²) in [7, 11) is 0. The molecular formula is C18H24ClN3OS. The van der Waals surface area contributed by atoms with Gasteiger partial charge in [0.25, 0.3) is 0 Å². The second kappa shape index (κ2) is 8.37. The molecule has 2 aromatic rings. The van der Waals surface area contributed by atoms with Gasteiger partial charge in [-0.25, -0.2) is 0 Å². The second-order valence-corrected chi connectivity index (χ2v) is 7.88. The molecule has 1 aromatic heterocycles. The van der Waals surface area contributed by atoms with Crippen molar-refractivity contribution in [2.75, 3.05) is 12.3 Å². The van der Waals surface area contributed by atoms with Crippen LogP contribution in [0.25, 0.3) is 0 Å². The Bertz CT molecular complexity index is 655. The Hall–Kier alpha value is -1.04. The summed E-state index contributed by atoms with van der Waals surface area (Å²) in [6.07, 6.45) is 6.98. The van der Waals surface area contributed by atoms with Crippen molar-refractivity contribution in [3.63, 3.8) is 0 Å². The first-order chi connectivity index (χ1) is 11.7. The van der Waals surface area contributed by atoms with E-state index in [1.54, 1.807) is 0 Å². The lowest BCUT2D eigenvalue weighted by Gasteiger charge is -2.35. The monoisotopic (exact) mass is 365 g/mol. The molecule has 0 saturated heterocycles. The van der Waals surface area contributed by atoms with Gasteiger partial charge in [0.05, 0.1) is 10.6 Å². The van der Waals surface area contributed by atoms with Crippen molar-refractivity contribution in [3.05, 3.63) is 41.0 Å². The van der Waals surface area contributed by atoms with Crippen molar-refractivity contribution >= 4 is 23.4 Å². The van der Waals surface area contributed by atoms with Crippen LogP contribution in [0.15, 0.2) is 33.7 Å². The van der Waals surface area contributed by atoms with E-state index in [4.69, 9.17) is 16.1 Å². The van der Waals surface area contributed by atoms with Crippen molar-refractivity contribution in [1.29, 1.82) is 0 Å². The molecule has 24 heavy (non-hydrogen) atoms. The van der Waals surface area contributed by atoms with E-state index in [-0.39, 0.29) is 5.54 Å². The Morgan fingerprint density at radius 3 is 2.75 bits per heavy atom. The maximum absolute atomic E-state index is 6.20. The van der Waals surface area contributed by atoms with E-state index < -0.39 is 0 Å². The topological polar surface area (TPSA) is 51.0 Å². The third kappa shape index (κ3) is 4.32. The summed E-state index contributed by atoms with van der Waals surface area (Å²) in [4.78, 5) is 5.65. The number of halogens is 1. The molecule has 0 aliphatic heterocycles. The molecule has 1 aliphatic carbocycles. The van der Waals surface area contributed by atoms with Gasteiger partial charge in [0.2, 0.25) is 5.89 Å². The minimum absolute atomic E-state index is 0.106. The predicted octanol–water partition coefficient (Wildman–Crippen LogP) is 4.96. The summed E-state index contributed by atoms with van der Waals surface area (Å²) in [5.74, 6) is 2.52. The van der Waals surface area contributed by atoms with Crippen LogP contribution in [0, 0.1) is 6.92 Å². The van der Waals surface area contributed by atoms with Crippen molar-refractivity contribution in [3.8, 4) is 0 Å². The molecule has 1 heterocycles. The maximum atomic E-state index is 6.20. The lowest BCUT2D eigenvalue weighted by molar-refractivity contribution is 0.214. The van der Waals surface area contributed by atoms with Crippen LogP contribution in [-0.4, -0.2) is 22.4 Å². The van der Waals surface area contributed by atoms with Gasteiger partial charge in [-0.05, 0) is 43.7 Å². The highest BCUT2D eigenvalue weighted by molar-refractivity contribution is 7.99. The first-order valence-electron chi connectivity index (χ1n) is 8.63. The van der Waals surface area contributed by atoms with Crippen LogP contribution in [0.5, 0.6) is 0 Å². The summed E-state index contributed by atoms with van der Waals surface area (Å²) in [6.45, 7) is 2.80. The molecule has 0 radical (unpaired) electrons. The van der Waals surface area contributed by atoms with Crippen molar-refractivity contribution in [2.24, 2.45) is 0 Å². The minimum atomic E-state index is -0.106. The van der Waals surface area contributed by atoms with E-state index in [9.17, 15) is 0 Å². The van der Waals surface area contributed by atoms with Crippen LogP contribution >= 0.6 is 23.4 Å². The number of aryl methyl sites for hydroxylation is 1. The fourth-order valence-electron chi connectivity index (χ4n) is 3.27. The summed E-state index contributed by atoms with van der Waals surface area (Å²) < 4.78 is 5.22. The van der Waals surface area contributed by atoms with Gasteiger partial charge in [-0.15, -0.1) is 11.8 Å². The molecule has 4 nitrogen and oxygen atoms in total. The number of hydrogen-bond acceptors (Lipinski definition) is 5. The fourth-order valence-corrected chi connectivity index (χ4v) is 4.46. The van der Waals surface area contributed by atoms with Gasteiger partial charge in [0, 0.05) is 11.8 Å². The van der Waals surface area contributed by atoms with Crippen LogP contribution in [0.4, 0.5) is 0 Å². The lowest BCUT2D eigenvalue weighted by Crippen LogP contribution is -2.45. The highest BCUT2D eigenvalue weighted by Gasteiger charge is 2.37. The normalized spacial score (nSPS) is 17.1. The number of nitrogens with one attached hydrogen (secondary N) is 1. The molecule has 3 rings (SSSR count). The molecule has 1 fully saturated rings. The molecule has 0 spiro atoms. The van der Waals surface area contributed by atoms with Crippen molar-refractivity contribution < 1.29 is 4.52 Å². The Morgan fingerprint density at radius 2 is 2.04 bits per heavy atom. The van der Waals surface area contributed by atoms with Gasteiger partial charge in [-0.3, -0.25) is 0 Å². The zero-order valence-corrected chi connectivity index (χ0v) is 15.6. The van der Waals surface area contributed by atoms with Gasteiger partial charge >= 0.3 is 0 Å². The number of nitrogens with zero attached hydrogens (tertiary/aromatic N) is 2. The molecule has 0 bridgehead atoms. The zero-order chi connectivity index (χ0) is 16.8. The Labute approximate surface area is 152 Å². The van der Waals surface area contributed by atoms with Crippen LogP contribution in [0.3, 0.4) is 0 Å². The quantitative estimate of drug-likeness (QED) is 0.555. The third-order valence-electron chi connectivity index (χ3n) is 4.54. The van der Waals surface area contributed by atoms with Gasteiger partial charge in [0.1, 0.15) is 0 Å². The fraction of sp³-hybridized carbons (Fsp3) is 0.556. The maximum Gasteiger partial charge on any atom is 0.223 e. The molecule has 0 amide bonds. The minimum Gasteiger partial charge on any atom is -0.340 e. The highest BCUT2D eigenvalue weighted by Crippen LogP contribution is 2.35. The standard InChI is InChI=1S/C18H24ClN3OS/c1-14-21-17(22-23-14)18(10-5-2-6-11-18)20-12-7-13-24-16-9-4-3-8-15(16)19/h3-4,8-9,20H,2,5-7,10-13H2,1H3. The average molecular weight is 366 g/mol. The molecule has 0 atom stereocenters. The predicted molar refractivity (Wildman–Crippen MR) is 98.6 cm³/mol. The first kappa shape index (κ1) is 17.8. The van der Waals surface area contributed by atoms with Crippen LogP contribution < -0.4 is 5.32 Å². The molecule has 130 valence electrons. The lowest BCUT2D eigenvalue weighted by atomic mass is 9.81. The summed E-state index contributed by atoms with van der Waals surface area (Å²) >= 11 is 8.01. The molecule has 1 saturated carbocycles. The van der Waals surface area contributed by atoms with Crippen molar-refractivity contribution in [1.82, 2.24) is 15.5 Å². The average Bonchev–Trinajstić information content (AvgIpc) is 3.04. The van der Waals surface area contributed by atoms with Gasteiger partial charge in [0.15, 0.2) is 5.82 Å². The second-order valence-electron chi connectivity index (χ2n) is 6.34. The first-order valence-corrected chi connectivity index (χ1v) is 9.99.